The van der Waals surface area contributed by atoms with Crippen molar-refractivity contribution in [2.45, 2.75) is 72.6 Å². The molecule has 1 aromatic carbocycles. The number of aliphatic carboxylic acids is 1. The fourth-order valence-corrected chi connectivity index (χ4v) is 6.34. The van der Waals surface area contributed by atoms with E-state index in [1.54, 1.807) is 0 Å². The van der Waals surface area contributed by atoms with Gasteiger partial charge in [0.2, 0.25) is 0 Å². The molecule has 0 spiro atoms. The molecule has 1 N–H and O–H groups in total. The SMILES string of the molecule is CCOc1ccc(C2C3=C(CC(C)(C)CC3=O)N(CCC(=O)O)C3=C2C(=O)CC(C)(C)C3)cc1Br. The standard InChI is InChI=1S/C28H34BrNO5/c1-6-35-22-8-7-16(11-17(22)29)24-25-18(12-27(2,3)14-20(25)31)30(10-9-23(33)34)19-13-28(4,5)15-21(32)26(19)24/h7-8,11,24H,6,9-10,12-15H2,1-5H3,(H,33,34). The van der Waals surface area contributed by atoms with E-state index in [2.05, 4.69) is 43.6 Å². The second kappa shape index (κ2) is 9.23. The van der Waals surface area contributed by atoms with Crippen LogP contribution in [0.5, 0.6) is 5.75 Å². The van der Waals surface area contributed by atoms with Gasteiger partial charge in [0.15, 0.2) is 11.6 Å². The minimum atomic E-state index is -0.894. The first-order chi connectivity index (χ1) is 16.3. The Morgan fingerprint density at radius 2 is 1.57 bits per heavy atom. The number of halogens is 1. The average Bonchev–Trinajstić information content (AvgIpc) is 2.71. The smallest absolute Gasteiger partial charge is 0.305 e. The lowest BCUT2D eigenvalue weighted by Crippen LogP contribution is -2.45. The van der Waals surface area contributed by atoms with Crippen LogP contribution >= 0.6 is 15.9 Å². The molecule has 1 heterocycles. The molecule has 2 aliphatic carbocycles. The fraction of sp³-hybridized carbons (Fsp3) is 0.536. The first-order valence-corrected chi connectivity index (χ1v) is 13.1. The fourth-order valence-electron chi connectivity index (χ4n) is 5.83. The Labute approximate surface area is 215 Å². The second-order valence-electron chi connectivity index (χ2n) is 11.5. The number of nitrogens with zero attached hydrogens (tertiary/aromatic N) is 1. The van der Waals surface area contributed by atoms with Crippen molar-refractivity contribution in [2.24, 2.45) is 10.8 Å². The quantitative estimate of drug-likeness (QED) is 0.473. The van der Waals surface area contributed by atoms with Crippen LogP contribution in [0.25, 0.3) is 0 Å². The van der Waals surface area contributed by atoms with Gasteiger partial charge in [-0.15, -0.1) is 0 Å². The number of Topliss-reactive ketones (excluding diaryl/α,β-unsaturated/α-hetero) is 2. The van der Waals surface area contributed by atoms with Gasteiger partial charge in [-0.3, -0.25) is 14.4 Å². The largest absolute Gasteiger partial charge is 0.493 e. The molecule has 3 aliphatic rings. The van der Waals surface area contributed by atoms with Crippen molar-refractivity contribution in [3.8, 4) is 5.75 Å². The van der Waals surface area contributed by atoms with Gasteiger partial charge in [0.25, 0.3) is 0 Å². The molecule has 1 aromatic rings. The highest BCUT2D eigenvalue weighted by Crippen LogP contribution is 2.54. The van der Waals surface area contributed by atoms with Gasteiger partial charge in [0, 0.05) is 47.8 Å². The summed E-state index contributed by atoms with van der Waals surface area (Å²) < 4.78 is 6.47. The van der Waals surface area contributed by atoms with Crippen LogP contribution in [0, 0.1) is 10.8 Å². The maximum atomic E-state index is 13.7. The summed E-state index contributed by atoms with van der Waals surface area (Å²) in [5.41, 5.74) is 3.45. The molecular weight excluding hydrogens is 510 g/mol. The van der Waals surface area contributed by atoms with Crippen LogP contribution in [0.4, 0.5) is 0 Å². The summed E-state index contributed by atoms with van der Waals surface area (Å²) in [7, 11) is 0. The highest BCUT2D eigenvalue weighted by Gasteiger charge is 2.49. The highest BCUT2D eigenvalue weighted by atomic mass is 79.9. The van der Waals surface area contributed by atoms with Crippen LogP contribution in [0.1, 0.15) is 78.2 Å². The Hall–Kier alpha value is -2.41. The molecule has 0 amide bonds. The molecule has 4 rings (SSSR count). The van der Waals surface area contributed by atoms with Crippen molar-refractivity contribution in [1.82, 2.24) is 4.90 Å². The number of carboxylic acids is 1. The topological polar surface area (TPSA) is 83.9 Å². The summed E-state index contributed by atoms with van der Waals surface area (Å²) in [6.07, 6.45) is 2.06. The van der Waals surface area contributed by atoms with Gasteiger partial charge in [0.05, 0.1) is 17.5 Å². The van der Waals surface area contributed by atoms with Crippen molar-refractivity contribution in [3.05, 3.63) is 50.8 Å². The normalized spacial score (nSPS) is 21.7. The second-order valence-corrected chi connectivity index (χ2v) is 12.3. The van der Waals surface area contributed by atoms with E-state index in [0.29, 0.717) is 49.2 Å². The minimum Gasteiger partial charge on any atom is -0.493 e. The van der Waals surface area contributed by atoms with Crippen LogP contribution in [0.3, 0.4) is 0 Å². The van der Waals surface area contributed by atoms with Crippen molar-refractivity contribution in [2.75, 3.05) is 13.2 Å². The molecular formula is C28H34BrNO5. The van der Waals surface area contributed by atoms with Gasteiger partial charge in [-0.25, -0.2) is 0 Å². The lowest BCUT2D eigenvalue weighted by Gasteiger charge is -2.49. The Kier molecular flexibility index (Phi) is 6.77. The van der Waals surface area contributed by atoms with Gasteiger partial charge in [0.1, 0.15) is 5.75 Å². The molecule has 0 atom stereocenters. The molecule has 6 nitrogen and oxygen atoms in total. The van der Waals surface area contributed by atoms with Gasteiger partial charge in [-0.05, 0) is 64.2 Å². The van der Waals surface area contributed by atoms with E-state index in [-0.39, 0.29) is 35.4 Å². The number of ketones is 2. The Bertz CT molecular complexity index is 1110. The number of carboxylic acid groups (broad SMARTS) is 1. The van der Waals surface area contributed by atoms with E-state index in [1.807, 2.05) is 30.0 Å². The monoisotopic (exact) mass is 543 g/mol. The van der Waals surface area contributed by atoms with Crippen LogP contribution in [-0.4, -0.2) is 40.7 Å². The Balaban J connectivity index is 1.96. The van der Waals surface area contributed by atoms with Crippen LogP contribution < -0.4 is 4.74 Å². The van der Waals surface area contributed by atoms with Crippen LogP contribution in [0.15, 0.2) is 45.2 Å². The third kappa shape index (κ3) is 4.97. The van der Waals surface area contributed by atoms with Gasteiger partial charge >= 0.3 is 5.97 Å². The number of benzene rings is 1. The molecule has 7 heteroatoms. The number of allylic oxidation sites excluding steroid dienone is 4. The summed E-state index contributed by atoms with van der Waals surface area (Å²) >= 11 is 3.61. The molecule has 0 radical (unpaired) electrons. The van der Waals surface area contributed by atoms with Gasteiger partial charge in [-0.2, -0.15) is 0 Å². The van der Waals surface area contributed by atoms with E-state index in [1.165, 1.54) is 0 Å². The summed E-state index contributed by atoms with van der Waals surface area (Å²) in [5, 5.41) is 9.47. The van der Waals surface area contributed by atoms with E-state index in [4.69, 9.17) is 4.74 Å². The first kappa shape index (κ1) is 25.7. The molecule has 188 valence electrons. The van der Waals surface area contributed by atoms with Crippen molar-refractivity contribution < 1.29 is 24.2 Å². The highest BCUT2D eigenvalue weighted by molar-refractivity contribution is 9.10. The molecule has 0 saturated heterocycles. The number of ether oxygens (including phenoxy) is 1. The number of hydrogen-bond donors (Lipinski definition) is 1. The number of carbonyl (C=O) groups excluding carboxylic acids is 2. The van der Waals surface area contributed by atoms with Crippen molar-refractivity contribution >= 4 is 33.5 Å². The number of rotatable bonds is 6. The maximum Gasteiger partial charge on any atom is 0.305 e. The first-order valence-electron chi connectivity index (χ1n) is 12.3. The average molecular weight is 544 g/mol. The molecule has 0 unspecified atom stereocenters. The Morgan fingerprint density at radius 1 is 1.03 bits per heavy atom. The van der Waals surface area contributed by atoms with Gasteiger partial charge in [-0.1, -0.05) is 33.8 Å². The summed E-state index contributed by atoms with van der Waals surface area (Å²) in [6.45, 7) is 11.0. The third-order valence-corrected chi connectivity index (χ3v) is 7.78. The summed E-state index contributed by atoms with van der Waals surface area (Å²) in [5.74, 6) is -0.563. The van der Waals surface area contributed by atoms with Crippen LogP contribution in [-0.2, 0) is 14.4 Å². The van der Waals surface area contributed by atoms with Gasteiger partial charge < -0.3 is 14.7 Å². The number of carbonyl (C=O) groups is 3. The summed E-state index contributed by atoms with van der Waals surface area (Å²) in [4.78, 5) is 41.0. The predicted molar refractivity (Wildman–Crippen MR) is 137 cm³/mol. The van der Waals surface area contributed by atoms with E-state index < -0.39 is 11.9 Å². The van der Waals surface area contributed by atoms with E-state index in [0.717, 1.165) is 21.4 Å². The van der Waals surface area contributed by atoms with Crippen molar-refractivity contribution in [3.63, 3.8) is 0 Å². The molecule has 35 heavy (non-hydrogen) atoms. The van der Waals surface area contributed by atoms with Crippen LogP contribution in [0.2, 0.25) is 0 Å². The Morgan fingerprint density at radius 3 is 2.03 bits per heavy atom. The van der Waals surface area contributed by atoms with E-state index in [9.17, 15) is 19.5 Å². The zero-order valence-corrected chi connectivity index (χ0v) is 22.8. The molecule has 0 fully saturated rings. The summed E-state index contributed by atoms with van der Waals surface area (Å²) in [6, 6.07) is 5.79. The third-order valence-electron chi connectivity index (χ3n) is 7.16. The molecule has 0 saturated carbocycles. The van der Waals surface area contributed by atoms with Crippen molar-refractivity contribution in [1.29, 1.82) is 0 Å². The molecule has 1 aliphatic heterocycles. The zero-order valence-electron chi connectivity index (χ0n) is 21.2. The lowest BCUT2D eigenvalue weighted by atomic mass is 9.63. The zero-order chi connectivity index (χ0) is 25.7. The molecule has 0 aromatic heterocycles. The number of hydrogen-bond acceptors (Lipinski definition) is 5. The predicted octanol–water partition coefficient (Wildman–Crippen LogP) is 6.01. The maximum absolute atomic E-state index is 13.7. The molecule has 0 bridgehead atoms. The van der Waals surface area contributed by atoms with E-state index >= 15 is 0 Å². The minimum absolute atomic E-state index is 0.0377. The lowest BCUT2D eigenvalue weighted by molar-refractivity contribution is -0.137.